The Kier molecular flexibility index (Phi) is 2.88. The molecular formula is C15H21N3O. The minimum Gasteiger partial charge on any atom is -0.497 e. The summed E-state index contributed by atoms with van der Waals surface area (Å²) in [6, 6.07) is 8.09. The van der Waals surface area contributed by atoms with Crippen molar-refractivity contribution in [3.63, 3.8) is 0 Å². The molecule has 2 atom stereocenters. The van der Waals surface area contributed by atoms with Crippen LogP contribution in [0.25, 0.3) is 0 Å². The summed E-state index contributed by atoms with van der Waals surface area (Å²) in [5.41, 5.74) is 7.35. The van der Waals surface area contributed by atoms with Crippen molar-refractivity contribution in [2.24, 2.45) is 16.6 Å². The van der Waals surface area contributed by atoms with E-state index in [9.17, 15) is 0 Å². The summed E-state index contributed by atoms with van der Waals surface area (Å²) in [4.78, 5) is 6.73. The van der Waals surface area contributed by atoms with E-state index in [1.807, 2.05) is 12.1 Å². The average Bonchev–Trinajstić information content (AvgIpc) is 2.94. The topological polar surface area (TPSA) is 50.9 Å². The fourth-order valence-corrected chi connectivity index (χ4v) is 3.46. The van der Waals surface area contributed by atoms with Gasteiger partial charge in [-0.1, -0.05) is 6.92 Å². The first kappa shape index (κ1) is 12.3. The third-order valence-electron chi connectivity index (χ3n) is 4.40. The quantitative estimate of drug-likeness (QED) is 0.887. The highest BCUT2D eigenvalue weighted by molar-refractivity contribution is 5.98. The van der Waals surface area contributed by atoms with Crippen molar-refractivity contribution >= 4 is 11.6 Å². The summed E-state index contributed by atoms with van der Waals surface area (Å²) in [5.74, 6) is 2.27. The molecule has 2 N–H and O–H groups in total. The maximum absolute atomic E-state index is 6.13. The Morgan fingerprint density at radius 3 is 2.68 bits per heavy atom. The van der Waals surface area contributed by atoms with Gasteiger partial charge < -0.3 is 15.4 Å². The first-order valence-corrected chi connectivity index (χ1v) is 6.89. The van der Waals surface area contributed by atoms with Crippen LogP contribution >= 0.6 is 0 Å². The van der Waals surface area contributed by atoms with Crippen LogP contribution in [-0.4, -0.2) is 25.2 Å². The summed E-state index contributed by atoms with van der Waals surface area (Å²) in [5, 5.41) is 0. The van der Waals surface area contributed by atoms with Gasteiger partial charge in [0.2, 0.25) is 0 Å². The number of anilines is 1. The van der Waals surface area contributed by atoms with Gasteiger partial charge >= 0.3 is 0 Å². The third kappa shape index (κ3) is 1.95. The number of aliphatic imine (C=N–C) groups is 1. The lowest BCUT2D eigenvalue weighted by atomic mass is 9.94. The summed E-state index contributed by atoms with van der Waals surface area (Å²) in [6.45, 7) is 3.14. The van der Waals surface area contributed by atoms with Crippen LogP contribution in [0.5, 0.6) is 5.75 Å². The number of rotatable bonds is 2. The van der Waals surface area contributed by atoms with Crippen molar-refractivity contribution in [1.29, 1.82) is 0 Å². The molecule has 3 rings (SSSR count). The van der Waals surface area contributed by atoms with Crippen LogP contribution in [0.2, 0.25) is 0 Å². The molecule has 2 unspecified atom stereocenters. The van der Waals surface area contributed by atoms with Gasteiger partial charge in [-0.3, -0.25) is 4.99 Å². The van der Waals surface area contributed by atoms with E-state index in [2.05, 4.69) is 28.9 Å². The largest absolute Gasteiger partial charge is 0.497 e. The molecule has 0 amide bonds. The Labute approximate surface area is 114 Å². The minimum atomic E-state index is 0.109. The number of methoxy groups -OCH3 is 1. The van der Waals surface area contributed by atoms with E-state index >= 15 is 0 Å². The lowest BCUT2D eigenvalue weighted by Gasteiger charge is -2.36. The number of hydrogen-bond donors (Lipinski definition) is 1. The van der Waals surface area contributed by atoms with Crippen LogP contribution in [0.1, 0.15) is 26.2 Å². The lowest BCUT2D eigenvalue weighted by Crippen LogP contribution is -2.50. The molecule has 1 saturated carbocycles. The first-order valence-electron chi connectivity index (χ1n) is 6.89. The first-order chi connectivity index (χ1) is 9.14. The van der Waals surface area contributed by atoms with Crippen molar-refractivity contribution in [1.82, 2.24) is 0 Å². The molecule has 0 aromatic heterocycles. The molecule has 1 fully saturated rings. The Hall–Kier alpha value is -1.71. The molecule has 0 saturated heterocycles. The number of nitrogens with zero attached hydrogens (tertiary/aromatic N) is 2. The highest BCUT2D eigenvalue weighted by Crippen LogP contribution is 2.43. The highest BCUT2D eigenvalue weighted by Gasteiger charge is 2.47. The molecule has 1 aromatic rings. The Morgan fingerprint density at radius 2 is 2.11 bits per heavy atom. The van der Waals surface area contributed by atoms with Crippen molar-refractivity contribution in [2.45, 2.75) is 31.7 Å². The van der Waals surface area contributed by atoms with Crippen molar-refractivity contribution in [2.75, 3.05) is 18.6 Å². The zero-order chi connectivity index (χ0) is 13.5. The molecule has 1 aliphatic heterocycles. The maximum Gasteiger partial charge on any atom is 0.196 e. The van der Waals surface area contributed by atoms with Gasteiger partial charge in [-0.25, -0.2) is 0 Å². The van der Waals surface area contributed by atoms with Crippen LogP contribution in [0.15, 0.2) is 29.3 Å². The van der Waals surface area contributed by atoms with Crippen molar-refractivity contribution in [3.8, 4) is 5.75 Å². The molecule has 1 heterocycles. The van der Waals surface area contributed by atoms with E-state index in [1.165, 1.54) is 19.3 Å². The van der Waals surface area contributed by atoms with Crippen LogP contribution in [-0.2, 0) is 0 Å². The summed E-state index contributed by atoms with van der Waals surface area (Å²) >= 11 is 0. The molecule has 0 bridgehead atoms. The number of benzene rings is 1. The summed E-state index contributed by atoms with van der Waals surface area (Å²) < 4.78 is 5.21. The Morgan fingerprint density at radius 1 is 1.37 bits per heavy atom. The van der Waals surface area contributed by atoms with E-state index in [0.717, 1.165) is 23.9 Å². The van der Waals surface area contributed by atoms with E-state index in [1.54, 1.807) is 7.11 Å². The van der Waals surface area contributed by atoms with E-state index in [-0.39, 0.29) is 5.54 Å². The van der Waals surface area contributed by atoms with Gasteiger partial charge in [-0.05, 0) is 49.4 Å². The van der Waals surface area contributed by atoms with Gasteiger partial charge in [0.1, 0.15) is 5.75 Å². The molecule has 1 aromatic carbocycles. The average molecular weight is 259 g/mol. The molecule has 102 valence electrons. The number of nitrogens with two attached hydrogens (primary N) is 1. The monoisotopic (exact) mass is 259 g/mol. The van der Waals surface area contributed by atoms with Crippen LogP contribution in [0, 0.1) is 5.92 Å². The smallest absolute Gasteiger partial charge is 0.196 e. The van der Waals surface area contributed by atoms with Crippen LogP contribution < -0.4 is 15.4 Å². The summed E-state index contributed by atoms with van der Waals surface area (Å²) in [6.07, 6.45) is 3.60. The van der Waals surface area contributed by atoms with Crippen LogP contribution in [0.4, 0.5) is 5.69 Å². The SMILES string of the molecule is COc1ccc(N2C(N)=NCC23CCC(C)C3)cc1. The van der Waals surface area contributed by atoms with Gasteiger partial charge in [0.15, 0.2) is 5.96 Å². The van der Waals surface area contributed by atoms with E-state index in [0.29, 0.717) is 5.96 Å². The van der Waals surface area contributed by atoms with E-state index < -0.39 is 0 Å². The predicted octanol–water partition coefficient (Wildman–Crippen LogP) is 2.39. The normalized spacial score (nSPS) is 29.9. The number of ether oxygens (including phenoxy) is 1. The fourth-order valence-electron chi connectivity index (χ4n) is 3.46. The maximum atomic E-state index is 6.13. The van der Waals surface area contributed by atoms with Gasteiger partial charge in [-0.15, -0.1) is 0 Å². The molecular weight excluding hydrogens is 238 g/mol. The van der Waals surface area contributed by atoms with Gasteiger partial charge in [0.05, 0.1) is 19.2 Å². The molecule has 4 nitrogen and oxygen atoms in total. The van der Waals surface area contributed by atoms with Gasteiger partial charge in [-0.2, -0.15) is 0 Å². The summed E-state index contributed by atoms with van der Waals surface area (Å²) in [7, 11) is 1.68. The second-order valence-corrected chi connectivity index (χ2v) is 5.78. The van der Waals surface area contributed by atoms with Crippen molar-refractivity contribution < 1.29 is 4.74 Å². The molecule has 2 aliphatic rings. The van der Waals surface area contributed by atoms with Crippen LogP contribution in [0.3, 0.4) is 0 Å². The zero-order valence-corrected chi connectivity index (χ0v) is 11.6. The Balaban J connectivity index is 1.93. The molecule has 0 radical (unpaired) electrons. The fraction of sp³-hybridized carbons (Fsp3) is 0.533. The molecule has 1 spiro atoms. The molecule has 4 heteroatoms. The van der Waals surface area contributed by atoms with E-state index in [4.69, 9.17) is 10.5 Å². The third-order valence-corrected chi connectivity index (χ3v) is 4.40. The molecule has 1 aliphatic carbocycles. The second kappa shape index (κ2) is 4.44. The van der Waals surface area contributed by atoms with Crippen molar-refractivity contribution in [3.05, 3.63) is 24.3 Å². The number of hydrogen-bond acceptors (Lipinski definition) is 4. The van der Waals surface area contributed by atoms with Gasteiger partial charge in [0, 0.05) is 5.69 Å². The lowest BCUT2D eigenvalue weighted by molar-refractivity contribution is 0.414. The highest BCUT2D eigenvalue weighted by atomic mass is 16.5. The second-order valence-electron chi connectivity index (χ2n) is 5.78. The van der Waals surface area contributed by atoms with Gasteiger partial charge in [0.25, 0.3) is 0 Å². The predicted molar refractivity (Wildman–Crippen MR) is 77.7 cm³/mol. The minimum absolute atomic E-state index is 0.109. The Bertz CT molecular complexity index is 497. The number of guanidine groups is 1. The molecule has 19 heavy (non-hydrogen) atoms. The standard InChI is InChI=1S/C15H21N3O/c1-11-7-8-15(9-11)10-17-14(16)18(15)12-3-5-13(19-2)6-4-12/h3-6,11H,7-10H2,1-2H3,(H2,16,17). The zero-order valence-electron chi connectivity index (χ0n) is 11.6.